The molecule has 0 saturated heterocycles. The van der Waals surface area contributed by atoms with Crippen LogP contribution < -0.4 is 11.3 Å². The molecule has 66 valence electrons. The molecule has 5 nitrogen and oxygen atoms in total. The lowest BCUT2D eigenvalue weighted by Gasteiger charge is -1.91. The van der Waals surface area contributed by atoms with E-state index in [9.17, 15) is 4.79 Å². The van der Waals surface area contributed by atoms with Gasteiger partial charge in [-0.2, -0.15) is 0 Å². The first-order valence-electron chi connectivity index (χ1n) is 3.67. The summed E-state index contributed by atoms with van der Waals surface area (Å²) in [6.45, 7) is 0. The molecule has 0 aliphatic rings. The van der Waals surface area contributed by atoms with Gasteiger partial charge in [-0.25, -0.2) is 0 Å². The van der Waals surface area contributed by atoms with Crippen molar-refractivity contribution in [3.8, 4) is 11.3 Å². The smallest absolute Gasteiger partial charge is 0.247 e. The highest BCUT2D eigenvalue weighted by molar-refractivity contribution is 5.58. The molecule has 0 saturated carbocycles. The summed E-state index contributed by atoms with van der Waals surface area (Å²) >= 11 is 0. The van der Waals surface area contributed by atoms with E-state index in [2.05, 4.69) is 10.1 Å². The van der Waals surface area contributed by atoms with Gasteiger partial charge < -0.3 is 15.2 Å². The lowest BCUT2D eigenvalue weighted by molar-refractivity contribution is 0.435. The van der Waals surface area contributed by atoms with Crippen LogP contribution in [-0.4, -0.2) is 10.1 Å². The first-order chi connectivity index (χ1) is 6.25. The van der Waals surface area contributed by atoms with Gasteiger partial charge in [0.1, 0.15) is 0 Å². The Hall–Kier alpha value is -2.04. The summed E-state index contributed by atoms with van der Waals surface area (Å²) in [6, 6.07) is 4.64. The SMILES string of the molecule is Nc1cc(-c2ccc(=O)[nH]c2)on1. The molecule has 0 fully saturated rings. The number of hydrogen-bond donors (Lipinski definition) is 2. The molecule has 0 amide bonds. The standard InChI is InChI=1S/C8H7N3O2/c9-7-3-6(13-11-7)5-1-2-8(12)10-4-5/h1-4H,(H2,9,11)(H,10,12). The zero-order valence-corrected chi connectivity index (χ0v) is 6.65. The molecule has 2 heterocycles. The Balaban J connectivity index is 2.47. The molecule has 0 spiro atoms. The predicted molar refractivity (Wildman–Crippen MR) is 47.0 cm³/mol. The number of rotatable bonds is 1. The molecule has 5 heteroatoms. The van der Waals surface area contributed by atoms with E-state index in [0.717, 1.165) is 5.56 Å². The normalized spacial score (nSPS) is 10.2. The number of anilines is 1. The summed E-state index contributed by atoms with van der Waals surface area (Å²) in [7, 11) is 0. The number of nitrogens with two attached hydrogens (primary N) is 1. The largest absolute Gasteiger partial charge is 0.381 e. The third-order valence-electron chi connectivity index (χ3n) is 1.60. The topological polar surface area (TPSA) is 84.9 Å². The Bertz CT molecular complexity index is 452. The Kier molecular flexibility index (Phi) is 1.63. The van der Waals surface area contributed by atoms with Crippen LogP contribution in [0.3, 0.4) is 0 Å². The van der Waals surface area contributed by atoms with Crippen molar-refractivity contribution in [2.75, 3.05) is 5.73 Å². The van der Waals surface area contributed by atoms with E-state index in [1.54, 1.807) is 18.3 Å². The second-order valence-electron chi connectivity index (χ2n) is 2.56. The number of pyridine rings is 1. The molecule has 2 rings (SSSR count). The maximum Gasteiger partial charge on any atom is 0.247 e. The van der Waals surface area contributed by atoms with Gasteiger partial charge in [-0.15, -0.1) is 0 Å². The Morgan fingerprint density at radius 3 is 2.85 bits per heavy atom. The zero-order chi connectivity index (χ0) is 9.26. The first-order valence-corrected chi connectivity index (χ1v) is 3.67. The number of hydrogen-bond acceptors (Lipinski definition) is 4. The Morgan fingerprint density at radius 2 is 2.31 bits per heavy atom. The van der Waals surface area contributed by atoms with Crippen molar-refractivity contribution in [3.05, 3.63) is 34.7 Å². The van der Waals surface area contributed by atoms with Crippen molar-refractivity contribution in [1.29, 1.82) is 0 Å². The summed E-state index contributed by atoms with van der Waals surface area (Å²) in [4.78, 5) is 13.3. The minimum atomic E-state index is -0.156. The molecule has 2 aromatic heterocycles. The van der Waals surface area contributed by atoms with E-state index >= 15 is 0 Å². The van der Waals surface area contributed by atoms with E-state index in [0.29, 0.717) is 11.6 Å². The van der Waals surface area contributed by atoms with Crippen LogP contribution in [0.5, 0.6) is 0 Å². The number of aromatic nitrogens is 2. The molecule has 0 unspecified atom stereocenters. The van der Waals surface area contributed by atoms with Crippen molar-refractivity contribution >= 4 is 5.82 Å². The predicted octanol–water partition coefficient (Wildman–Crippen LogP) is 0.612. The maximum absolute atomic E-state index is 10.7. The van der Waals surface area contributed by atoms with Crippen LogP contribution in [0.2, 0.25) is 0 Å². The molecular weight excluding hydrogens is 170 g/mol. The number of aromatic amines is 1. The van der Waals surface area contributed by atoms with Gasteiger partial charge in [0.2, 0.25) is 5.56 Å². The Morgan fingerprint density at radius 1 is 1.46 bits per heavy atom. The van der Waals surface area contributed by atoms with E-state index in [-0.39, 0.29) is 5.56 Å². The Labute approximate surface area is 73.2 Å². The van der Waals surface area contributed by atoms with E-state index < -0.39 is 0 Å². The van der Waals surface area contributed by atoms with Crippen LogP contribution in [0.15, 0.2) is 33.7 Å². The second-order valence-corrected chi connectivity index (χ2v) is 2.56. The number of H-pyrrole nitrogens is 1. The van der Waals surface area contributed by atoms with Crippen molar-refractivity contribution in [2.45, 2.75) is 0 Å². The summed E-state index contributed by atoms with van der Waals surface area (Å²) in [5, 5.41) is 3.53. The third kappa shape index (κ3) is 1.44. The van der Waals surface area contributed by atoms with Crippen molar-refractivity contribution in [2.24, 2.45) is 0 Å². The van der Waals surface area contributed by atoms with Crippen molar-refractivity contribution in [3.63, 3.8) is 0 Å². The average molecular weight is 177 g/mol. The molecule has 3 N–H and O–H groups in total. The zero-order valence-electron chi connectivity index (χ0n) is 6.65. The van der Waals surface area contributed by atoms with Gasteiger partial charge >= 0.3 is 0 Å². The molecule has 13 heavy (non-hydrogen) atoms. The monoisotopic (exact) mass is 177 g/mol. The molecule has 2 aromatic rings. The number of nitrogens with zero attached hydrogens (tertiary/aromatic N) is 1. The lowest BCUT2D eigenvalue weighted by atomic mass is 10.2. The van der Waals surface area contributed by atoms with Gasteiger partial charge in [0, 0.05) is 23.9 Å². The molecule has 0 aliphatic carbocycles. The summed E-state index contributed by atoms with van der Waals surface area (Å²) in [5.74, 6) is 0.856. The fourth-order valence-electron chi connectivity index (χ4n) is 0.989. The average Bonchev–Trinajstić information content (AvgIpc) is 2.53. The van der Waals surface area contributed by atoms with Gasteiger partial charge in [-0.05, 0) is 6.07 Å². The fourth-order valence-corrected chi connectivity index (χ4v) is 0.989. The van der Waals surface area contributed by atoms with Crippen LogP contribution in [0.1, 0.15) is 0 Å². The van der Waals surface area contributed by atoms with Gasteiger partial charge in [0.05, 0.1) is 0 Å². The molecule has 0 atom stereocenters. The van der Waals surface area contributed by atoms with E-state index in [1.165, 1.54) is 6.07 Å². The van der Waals surface area contributed by atoms with Crippen LogP contribution in [0.25, 0.3) is 11.3 Å². The minimum Gasteiger partial charge on any atom is -0.381 e. The van der Waals surface area contributed by atoms with E-state index in [4.69, 9.17) is 10.3 Å². The lowest BCUT2D eigenvalue weighted by Crippen LogP contribution is -2.00. The van der Waals surface area contributed by atoms with Crippen molar-refractivity contribution < 1.29 is 4.52 Å². The summed E-state index contributed by atoms with van der Waals surface area (Å²) in [5.41, 5.74) is 5.95. The van der Waals surface area contributed by atoms with Gasteiger partial charge in [0.25, 0.3) is 0 Å². The molecule has 0 aromatic carbocycles. The van der Waals surface area contributed by atoms with Crippen LogP contribution in [-0.2, 0) is 0 Å². The van der Waals surface area contributed by atoms with Gasteiger partial charge in [0.15, 0.2) is 11.6 Å². The van der Waals surface area contributed by atoms with Crippen molar-refractivity contribution in [1.82, 2.24) is 10.1 Å². The first kappa shape index (κ1) is 7.60. The molecule has 0 radical (unpaired) electrons. The van der Waals surface area contributed by atoms with Crippen LogP contribution >= 0.6 is 0 Å². The summed E-state index contributed by atoms with van der Waals surface area (Å²) in [6.07, 6.45) is 1.54. The highest BCUT2D eigenvalue weighted by atomic mass is 16.5. The fraction of sp³-hybridized carbons (Fsp3) is 0. The van der Waals surface area contributed by atoms with Gasteiger partial charge in [-0.1, -0.05) is 5.16 Å². The highest BCUT2D eigenvalue weighted by Crippen LogP contribution is 2.18. The molecule has 0 aliphatic heterocycles. The highest BCUT2D eigenvalue weighted by Gasteiger charge is 2.03. The summed E-state index contributed by atoms with van der Waals surface area (Å²) < 4.78 is 4.89. The maximum atomic E-state index is 10.7. The quantitative estimate of drug-likeness (QED) is 0.668. The second kappa shape index (κ2) is 2.78. The third-order valence-corrected chi connectivity index (χ3v) is 1.60. The molecular formula is C8H7N3O2. The van der Waals surface area contributed by atoms with Crippen LogP contribution in [0, 0.1) is 0 Å². The number of nitrogens with one attached hydrogen (secondary N) is 1. The number of nitrogen functional groups attached to an aromatic ring is 1. The minimum absolute atomic E-state index is 0.156. The van der Waals surface area contributed by atoms with Crippen LogP contribution in [0.4, 0.5) is 5.82 Å². The molecule has 0 bridgehead atoms. The van der Waals surface area contributed by atoms with Gasteiger partial charge in [-0.3, -0.25) is 4.79 Å². The van der Waals surface area contributed by atoms with E-state index in [1.807, 2.05) is 0 Å².